The first-order valence-corrected chi connectivity index (χ1v) is 5.26. The standard InChI is InChI=1S/C10H16FNO2/c11-8-2-1-3-10(8)4-6-12(7-5-10)9(13)14/h8H,1-7H2,(H,13,14). The molecule has 1 amide bonds. The summed E-state index contributed by atoms with van der Waals surface area (Å²) in [7, 11) is 0. The number of hydrogen-bond acceptors (Lipinski definition) is 1. The van der Waals surface area contributed by atoms with Gasteiger partial charge in [0.15, 0.2) is 0 Å². The van der Waals surface area contributed by atoms with Crippen LogP contribution in [-0.2, 0) is 0 Å². The van der Waals surface area contributed by atoms with Crippen LogP contribution in [0, 0.1) is 5.41 Å². The van der Waals surface area contributed by atoms with Gasteiger partial charge in [0.1, 0.15) is 6.17 Å². The van der Waals surface area contributed by atoms with Gasteiger partial charge in [-0.15, -0.1) is 0 Å². The van der Waals surface area contributed by atoms with E-state index in [-0.39, 0.29) is 5.41 Å². The van der Waals surface area contributed by atoms with E-state index in [9.17, 15) is 9.18 Å². The third-order valence-corrected chi connectivity index (χ3v) is 3.83. The Morgan fingerprint density at radius 2 is 2.00 bits per heavy atom. The van der Waals surface area contributed by atoms with Gasteiger partial charge in [0.05, 0.1) is 0 Å². The fourth-order valence-electron chi connectivity index (χ4n) is 2.80. The van der Waals surface area contributed by atoms with E-state index in [0.29, 0.717) is 32.4 Å². The van der Waals surface area contributed by atoms with Gasteiger partial charge >= 0.3 is 6.09 Å². The summed E-state index contributed by atoms with van der Waals surface area (Å²) in [5, 5.41) is 8.77. The number of nitrogens with zero attached hydrogens (tertiary/aromatic N) is 1. The predicted molar refractivity (Wildman–Crippen MR) is 50.0 cm³/mol. The predicted octanol–water partition coefficient (Wildman–Crippen LogP) is 2.27. The van der Waals surface area contributed by atoms with Gasteiger partial charge in [0.2, 0.25) is 0 Å². The second kappa shape index (κ2) is 3.41. The third kappa shape index (κ3) is 1.47. The molecule has 2 aliphatic rings. The van der Waals surface area contributed by atoms with Gasteiger partial charge in [-0.05, 0) is 32.1 Å². The number of carboxylic acid groups (broad SMARTS) is 1. The first-order chi connectivity index (χ1) is 6.64. The van der Waals surface area contributed by atoms with Crippen molar-refractivity contribution in [1.82, 2.24) is 4.90 Å². The van der Waals surface area contributed by atoms with Crippen LogP contribution in [0.25, 0.3) is 0 Å². The Kier molecular flexibility index (Phi) is 2.37. The maximum atomic E-state index is 13.6. The Labute approximate surface area is 82.9 Å². The Balaban J connectivity index is 1.98. The number of piperidine rings is 1. The van der Waals surface area contributed by atoms with E-state index in [1.54, 1.807) is 0 Å². The van der Waals surface area contributed by atoms with Gasteiger partial charge in [-0.3, -0.25) is 0 Å². The molecule has 1 N–H and O–H groups in total. The van der Waals surface area contributed by atoms with Gasteiger partial charge in [-0.1, -0.05) is 0 Å². The van der Waals surface area contributed by atoms with Crippen LogP contribution in [0.3, 0.4) is 0 Å². The van der Waals surface area contributed by atoms with E-state index < -0.39 is 12.3 Å². The molecule has 2 fully saturated rings. The highest BCUT2D eigenvalue weighted by Crippen LogP contribution is 2.47. The molecule has 0 radical (unpaired) electrons. The molecule has 1 unspecified atom stereocenters. The van der Waals surface area contributed by atoms with Crippen molar-refractivity contribution in [3.05, 3.63) is 0 Å². The molecule has 0 aromatic carbocycles. The lowest BCUT2D eigenvalue weighted by molar-refractivity contribution is 0.0476. The number of amides is 1. The SMILES string of the molecule is O=C(O)N1CCC2(CCCC2F)CC1. The van der Waals surface area contributed by atoms with Crippen molar-refractivity contribution in [3.8, 4) is 0 Å². The van der Waals surface area contributed by atoms with Gasteiger partial charge < -0.3 is 10.0 Å². The van der Waals surface area contributed by atoms with E-state index in [2.05, 4.69) is 0 Å². The summed E-state index contributed by atoms with van der Waals surface area (Å²) < 4.78 is 13.6. The van der Waals surface area contributed by atoms with E-state index >= 15 is 0 Å². The molecule has 1 aliphatic heterocycles. The Morgan fingerprint density at radius 1 is 1.36 bits per heavy atom. The van der Waals surface area contributed by atoms with Crippen molar-refractivity contribution in [2.75, 3.05) is 13.1 Å². The number of halogens is 1. The molecule has 1 heterocycles. The Bertz CT molecular complexity index is 236. The molecule has 2 rings (SSSR count). The van der Waals surface area contributed by atoms with Crippen LogP contribution >= 0.6 is 0 Å². The Morgan fingerprint density at radius 3 is 2.43 bits per heavy atom. The molecule has 1 aliphatic carbocycles. The second-order valence-electron chi connectivity index (χ2n) is 4.49. The van der Waals surface area contributed by atoms with E-state index in [1.807, 2.05) is 0 Å². The average Bonchev–Trinajstić information content (AvgIpc) is 2.49. The van der Waals surface area contributed by atoms with Crippen molar-refractivity contribution < 1.29 is 14.3 Å². The van der Waals surface area contributed by atoms with Crippen LogP contribution in [0.4, 0.5) is 9.18 Å². The summed E-state index contributed by atoms with van der Waals surface area (Å²) in [6.45, 7) is 1.02. The van der Waals surface area contributed by atoms with Gasteiger partial charge in [-0.2, -0.15) is 0 Å². The highest BCUT2D eigenvalue weighted by Gasteiger charge is 2.45. The van der Waals surface area contributed by atoms with Gasteiger partial charge in [0, 0.05) is 18.5 Å². The van der Waals surface area contributed by atoms with Crippen LogP contribution < -0.4 is 0 Å². The summed E-state index contributed by atoms with van der Waals surface area (Å²) in [6.07, 6.45) is 2.44. The molecule has 1 spiro atoms. The molecular weight excluding hydrogens is 185 g/mol. The number of hydrogen-bond donors (Lipinski definition) is 1. The van der Waals surface area contributed by atoms with Crippen LogP contribution in [0.15, 0.2) is 0 Å². The van der Waals surface area contributed by atoms with Crippen LogP contribution in [-0.4, -0.2) is 35.4 Å². The largest absolute Gasteiger partial charge is 0.465 e. The van der Waals surface area contributed by atoms with E-state index in [0.717, 1.165) is 12.8 Å². The van der Waals surface area contributed by atoms with Crippen LogP contribution in [0.2, 0.25) is 0 Å². The van der Waals surface area contributed by atoms with Crippen molar-refractivity contribution in [2.45, 2.75) is 38.3 Å². The summed E-state index contributed by atoms with van der Waals surface area (Å²) in [5.74, 6) is 0. The molecule has 4 heteroatoms. The fraction of sp³-hybridized carbons (Fsp3) is 0.900. The van der Waals surface area contributed by atoms with E-state index in [4.69, 9.17) is 5.11 Å². The third-order valence-electron chi connectivity index (χ3n) is 3.83. The smallest absolute Gasteiger partial charge is 0.407 e. The number of alkyl halides is 1. The topological polar surface area (TPSA) is 40.5 Å². The van der Waals surface area contributed by atoms with Crippen LogP contribution in [0.1, 0.15) is 32.1 Å². The van der Waals surface area contributed by atoms with Crippen molar-refractivity contribution >= 4 is 6.09 Å². The normalized spacial score (nSPS) is 30.9. The highest BCUT2D eigenvalue weighted by atomic mass is 19.1. The minimum Gasteiger partial charge on any atom is -0.465 e. The number of likely N-dealkylation sites (tertiary alicyclic amines) is 1. The van der Waals surface area contributed by atoms with E-state index in [1.165, 1.54) is 4.90 Å². The Hall–Kier alpha value is -0.800. The molecule has 80 valence electrons. The molecule has 0 aromatic heterocycles. The lowest BCUT2D eigenvalue weighted by Gasteiger charge is -2.39. The van der Waals surface area contributed by atoms with Gasteiger partial charge in [0.25, 0.3) is 0 Å². The van der Waals surface area contributed by atoms with Crippen molar-refractivity contribution in [1.29, 1.82) is 0 Å². The zero-order valence-corrected chi connectivity index (χ0v) is 8.21. The molecule has 0 aromatic rings. The zero-order chi connectivity index (χ0) is 10.2. The monoisotopic (exact) mass is 201 g/mol. The summed E-state index contributed by atoms with van der Waals surface area (Å²) in [6, 6.07) is 0. The summed E-state index contributed by atoms with van der Waals surface area (Å²) in [4.78, 5) is 12.1. The molecule has 0 bridgehead atoms. The lowest BCUT2D eigenvalue weighted by Crippen LogP contribution is -2.44. The maximum Gasteiger partial charge on any atom is 0.407 e. The number of rotatable bonds is 0. The average molecular weight is 201 g/mol. The molecule has 3 nitrogen and oxygen atoms in total. The minimum absolute atomic E-state index is 0.175. The first kappa shape index (κ1) is 9.74. The fourth-order valence-corrected chi connectivity index (χ4v) is 2.80. The summed E-state index contributed by atoms with van der Waals surface area (Å²) in [5.41, 5.74) is -0.175. The molecular formula is C10H16FNO2. The second-order valence-corrected chi connectivity index (χ2v) is 4.49. The molecule has 1 atom stereocenters. The zero-order valence-electron chi connectivity index (χ0n) is 8.21. The summed E-state index contributed by atoms with van der Waals surface area (Å²) >= 11 is 0. The van der Waals surface area contributed by atoms with Crippen LogP contribution in [0.5, 0.6) is 0 Å². The quantitative estimate of drug-likeness (QED) is 0.653. The number of carbonyl (C=O) groups is 1. The molecule has 1 saturated carbocycles. The first-order valence-electron chi connectivity index (χ1n) is 5.26. The maximum absolute atomic E-state index is 13.6. The highest BCUT2D eigenvalue weighted by molar-refractivity contribution is 5.65. The molecule has 14 heavy (non-hydrogen) atoms. The lowest BCUT2D eigenvalue weighted by atomic mass is 9.76. The van der Waals surface area contributed by atoms with Crippen molar-refractivity contribution in [3.63, 3.8) is 0 Å². The minimum atomic E-state index is -0.867. The van der Waals surface area contributed by atoms with Gasteiger partial charge in [-0.25, -0.2) is 9.18 Å². The molecule has 1 saturated heterocycles. The van der Waals surface area contributed by atoms with Crippen molar-refractivity contribution in [2.24, 2.45) is 5.41 Å².